The van der Waals surface area contributed by atoms with Gasteiger partial charge in [0.05, 0.1) is 25.4 Å². The molecule has 0 bridgehead atoms. The zero-order chi connectivity index (χ0) is 55.0. The number of carbonyl (C=O) groups excluding carboxylic acids is 2. The van der Waals surface area contributed by atoms with Crippen LogP contribution in [-0.4, -0.2) is 47.4 Å². The minimum Gasteiger partial charge on any atom is -0.466 e. The molecule has 0 aliphatic rings. The molecule has 454 valence electrons. The summed E-state index contributed by atoms with van der Waals surface area (Å²) in [5, 5.41) is 23.2. The highest BCUT2D eigenvalue weighted by Gasteiger charge is 2.20. The number of esters is 1. The summed E-state index contributed by atoms with van der Waals surface area (Å²) in [4.78, 5) is 24.6. The first-order valence-electron chi connectivity index (χ1n) is 35.3. The normalized spacial score (nSPS) is 12.4. The fourth-order valence-electron chi connectivity index (χ4n) is 11.5. The number of aliphatic hydroxyl groups excluding tert-OH is 2. The summed E-state index contributed by atoms with van der Waals surface area (Å²) in [7, 11) is 0. The minimum atomic E-state index is -0.658. The molecular weight excluding hydrogens is 935 g/mol. The molecule has 6 nitrogen and oxygen atoms in total. The van der Waals surface area contributed by atoms with E-state index in [1.165, 1.54) is 340 Å². The summed E-state index contributed by atoms with van der Waals surface area (Å²) < 4.78 is 5.52. The molecule has 0 aromatic carbocycles. The van der Waals surface area contributed by atoms with Gasteiger partial charge in [0.2, 0.25) is 5.91 Å². The quantitative estimate of drug-likeness (QED) is 0.0417. The lowest BCUT2D eigenvalue weighted by Crippen LogP contribution is -2.45. The van der Waals surface area contributed by atoms with Crippen LogP contribution in [0.25, 0.3) is 0 Å². The van der Waals surface area contributed by atoms with Crippen molar-refractivity contribution in [2.24, 2.45) is 0 Å². The predicted octanol–water partition coefficient (Wildman–Crippen LogP) is 22.6. The summed E-state index contributed by atoms with van der Waals surface area (Å²) in [5.41, 5.74) is 0. The molecule has 0 rings (SSSR count). The highest BCUT2D eigenvalue weighted by atomic mass is 16.5. The number of ether oxygens (including phenoxy) is 1. The van der Waals surface area contributed by atoms with Crippen LogP contribution in [0.3, 0.4) is 0 Å². The Labute approximate surface area is 476 Å². The Kier molecular flexibility index (Phi) is 65.4. The third-order valence-corrected chi connectivity index (χ3v) is 16.9. The molecule has 0 aromatic rings. The zero-order valence-corrected chi connectivity index (χ0v) is 52.0. The number of nitrogens with one attached hydrogen (secondary N) is 1. The van der Waals surface area contributed by atoms with Gasteiger partial charge in [-0.05, 0) is 25.7 Å². The van der Waals surface area contributed by atoms with E-state index in [4.69, 9.17) is 4.74 Å². The summed E-state index contributed by atoms with van der Waals surface area (Å²) in [5.74, 6) is -0.00414. The monoisotopic (exact) mass is 1070 g/mol. The maximum atomic E-state index is 12.4. The fraction of sp³-hybridized carbons (Fsp3) is 0.971. The van der Waals surface area contributed by atoms with Crippen molar-refractivity contribution in [3.63, 3.8) is 0 Å². The van der Waals surface area contributed by atoms with Gasteiger partial charge in [-0.2, -0.15) is 0 Å². The van der Waals surface area contributed by atoms with E-state index in [-0.39, 0.29) is 18.5 Å². The summed E-state index contributed by atoms with van der Waals surface area (Å²) >= 11 is 0. The second-order valence-corrected chi connectivity index (χ2v) is 24.6. The topological polar surface area (TPSA) is 95.9 Å². The SMILES string of the molecule is CCCCCCCCCCCCCCCCCCCCCC(=O)OCCCCCCCCCCCCCCCCCCCCCCCCCCCCCCCCC(=O)NC(CO)C(O)CCCCCCCCCCCC. The van der Waals surface area contributed by atoms with Crippen LogP contribution in [0.5, 0.6) is 0 Å². The average Bonchev–Trinajstić information content (AvgIpc) is 3.42. The first-order chi connectivity index (χ1) is 37.5. The number of hydrogen-bond acceptors (Lipinski definition) is 5. The van der Waals surface area contributed by atoms with E-state index >= 15 is 0 Å². The van der Waals surface area contributed by atoms with Gasteiger partial charge in [-0.1, -0.05) is 373 Å². The van der Waals surface area contributed by atoms with Crippen molar-refractivity contribution < 1.29 is 24.5 Å². The molecule has 0 aromatic heterocycles. The van der Waals surface area contributed by atoms with Crippen LogP contribution in [0.1, 0.15) is 412 Å². The summed E-state index contributed by atoms with van der Waals surface area (Å²) in [6, 6.07) is -0.535. The van der Waals surface area contributed by atoms with Crippen LogP contribution in [0, 0.1) is 0 Å². The number of rotatable bonds is 67. The third kappa shape index (κ3) is 62.1. The molecule has 6 heteroatoms. The summed E-state index contributed by atoms with van der Waals surface area (Å²) in [6.45, 7) is 4.99. The standard InChI is InChI=1S/C70H139NO5/c1-3-5-7-9-11-13-15-16-17-18-31-35-38-41-44-48-52-56-60-64-70(75)76-65-61-57-53-49-45-42-39-36-33-30-28-26-24-22-20-19-21-23-25-27-29-32-34-37-40-43-47-51-55-59-63-69(74)71-67(66-72)68(73)62-58-54-50-46-14-12-10-8-6-4-2/h67-68,72-73H,3-66H2,1-2H3,(H,71,74). The van der Waals surface area contributed by atoms with Crippen LogP contribution in [0.2, 0.25) is 0 Å². The molecule has 0 saturated carbocycles. The van der Waals surface area contributed by atoms with Crippen LogP contribution >= 0.6 is 0 Å². The van der Waals surface area contributed by atoms with Crippen molar-refractivity contribution in [1.82, 2.24) is 5.32 Å². The van der Waals surface area contributed by atoms with E-state index in [1.54, 1.807) is 0 Å². The summed E-state index contributed by atoms with van der Waals surface area (Å²) in [6.07, 6.45) is 80.3. The van der Waals surface area contributed by atoms with Crippen molar-refractivity contribution in [3.8, 4) is 0 Å². The molecule has 0 heterocycles. The Hall–Kier alpha value is -1.14. The number of amides is 1. The lowest BCUT2D eigenvalue weighted by molar-refractivity contribution is -0.143. The Morgan fingerprint density at radius 3 is 0.803 bits per heavy atom. The zero-order valence-electron chi connectivity index (χ0n) is 52.0. The second kappa shape index (κ2) is 66.4. The molecule has 2 atom stereocenters. The highest BCUT2D eigenvalue weighted by Crippen LogP contribution is 2.20. The van der Waals surface area contributed by atoms with Gasteiger partial charge in [-0.3, -0.25) is 9.59 Å². The van der Waals surface area contributed by atoms with Crippen LogP contribution in [0.4, 0.5) is 0 Å². The molecule has 0 spiro atoms. The smallest absolute Gasteiger partial charge is 0.305 e. The van der Waals surface area contributed by atoms with Crippen molar-refractivity contribution >= 4 is 11.9 Å². The molecule has 2 unspecified atom stereocenters. The first kappa shape index (κ1) is 74.9. The van der Waals surface area contributed by atoms with Gasteiger partial charge in [0.1, 0.15) is 0 Å². The predicted molar refractivity (Wildman–Crippen MR) is 334 cm³/mol. The van der Waals surface area contributed by atoms with Gasteiger partial charge in [0, 0.05) is 12.8 Å². The maximum Gasteiger partial charge on any atom is 0.305 e. The van der Waals surface area contributed by atoms with Gasteiger partial charge in [0.15, 0.2) is 0 Å². The Morgan fingerprint density at radius 2 is 0.539 bits per heavy atom. The van der Waals surface area contributed by atoms with Gasteiger partial charge >= 0.3 is 5.97 Å². The third-order valence-electron chi connectivity index (χ3n) is 16.9. The van der Waals surface area contributed by atoms with Gasteiger partial charge < -0.3 is 20.3 Å². The lowest BCUT2D eigenvalue weighted by atomic mass is 10.0. The van der Waals surface area contributed by atoms with Crippen LogP contribution in [0.15, 0.2) is 0 Å². The van der Waals surface area contributed by atoms with Crippen LogP contribution in [-0.2, 0) is 14.3 Å². The van der Waals surface area contributed by atoms with Crippen molar-refractivity contribution in [3.05, 3.63) is 0 Å². The van der Waals surface area contributed by atoms with E-state index in [0.717, 1.165) is 38.5 Å². The van der Waals surface area contributed by atoms with E-state index in [2.05, 4.69) is 19.2 Å². The highest BCUT2D eigenvalue weighted by molar-refractivity contribution is 5.76. The van der Waals surface area contributed by atoms with E-state index < -0.39 is 12.1 Å². The Balaban J connectivity index is 3.27. The van der Waals surface area contributed by atoms with Gasteiger partial charge in [0.25, 0.3) is 0 Å². The molecule has 3 N–H and O–H groups in total. The number of hydrogen-bond donors (Lipinski definition) is 3. The molecule has 0 radical (unpaired) electrons. The van der Waals surface area contributed by atoms with E-state index in [9.17, 15) is 19.8 Å². The average molecular weight is 1070 g/mol. The lowest BCUT2D eigenvalue weighted by Gasteiger charge is -2.22. The van der Waals surface area contributed by atoms with Crippen molar-refractivity contribution in [2.75, 3.05) is 13.2 Å². The van der Waals surface area contributed by atoms with E-state index in [1.807, 2.05) is 0 Å². The Morgan fingerprint density at radius 1 is 0.316 bits per heavy atom. The molecule has 76 heavy (non-hydrogen) atoms. The number of unbranched alkanes of at least 4 members (excludes halogenated alkanes) is 56. The molecule has 0 aliphatic carbocycles. The second-order valence-electron chi connectivity index (χ2n) is 24.6. The van der Waals surface area contributed by atoms with Crippen molar-refractivity contribution in [1.29, 1.82) is 0 Å². The maximum absolute atomic E-state index is 12.4. The van der Waals surface area contributed by atoms with Gasteiger partial charge in [-0.25, -0.2) is 0 Å². The molecular formula is C70H139NO5. The Bertz CT molecular complexity index is 1100. The molecule has 0 fully saturated rings. The van der Waals surface area contributed by atoms with Crippen molar-refractivity contribution in [2.45, 2.75) is 424 Å². The van der Waals surface area contributed by atoms with Gasteiger partial charge in [-0.15, -0.1) is 0 Å². The van der Waals surface area contributed by atoms with E-state index in [0.29, 0.717) is 25.9 Å². The largest absolute Gasteiger partial charge is 0.466 e. The first-order valence-corrected chi connectivity index (χ1v) is 35.3. The molecule has 1 amide bonds. The number of aliphatic hydroxyl groups is 2. The number of carbonyl (C=O) groups is 2. The van der Waals surface area contributed by atoms with Crippen LogP contribution < -0.4 is 5.32 Å². The fourth-order valence-corrected chi connectivity index (χ4v) is 11.5. The molecule has 0 saturated heterocycles. The molecule has 0 aliphatic heterocycles. The minimum absolute atomic E-state index is 0.0260.